The van der Waals surface area contributed by atoms with Crippen molar-refractivity contribution in [1.82, 2.24) is 5.32 Å². The molecule has 1 aromatic carbocycles. The third-order valence-electron chi connectivity index (χ3n) is 3.55. The number of rotatable bonds is 8. The summed E-state index contributed by atoms with van der Waals surface area (Å²) in [4.78, 5) is 23.3. The smallest absolute Gasteiger partial charge is 0.251 e. The minimum absolute atomic E-state index is 0.00667. The summed E-state index contributed by atoms with van der Waals surface area (Å²) in [6.45, 7) is 0.715. The molecule has 0 saturated heterocycles. The van der Waals surface area contributed by atoms with Crippen LogP contribution in [0.3, 0.4) is 0 Å². The highest BCUT2D eigenvalue weighted by molar-refractivity contribution is 7.98. The van der Waals surface area contributed by atoms with Gasteiger partial charge in [0.2, 0.25) is 5.91 Å². The van der Waals surface area contributed by atoms with Gasteiger partial charge in [-0.15, -0.1) is 0 Å². The molecule has 0 radical (unpaired) electrons. The molecule has 0 aliphatic carbocycles. The quantitative estimate of drug-likeness (QED) is 0.726. The van der Waals surface area contributed by atoms with E-state index < -0.39 is 0 Å². The van der Waals surface area contributed by atoms with Gasteiger partial charge in [0.1, 0.15) is 0 Å². The number of hydrogen-bond acceptors (Lipinski definition) is 3. The molecule has 0 spiro atoms. The number of amides is 2. The van der Waals surface area contributed by atoms with E-state index in [0.717, 1.165) is 24.1 Å². The summed E-state index contributed by atoms with van der Waals surface area (Å²) >= 11 is 1.88. The second-order valence-corrected chi connectivity index (χ2v) is 6.25. The normalized spacial score (nSPS) is 12.9. The average molecular weight is 306 g/mol. The molecule has 1 aliphatic rings. The molecule has 0 aromatic heterocycles. The van der Waals surface area contributed by atoms with Gasteiger partial charge >= 0.3 is 0 Å². The molecule has 2 amide bonds. The number of carbonyl (C=O) groups excluding carboxylic acids is 2. The van der Waals surface area contributed by atoms with Gasteiger partial charge in [-0.25, -0.2) is 0 Å². The van der Waals surface area contributed by atoms with Gasteiger partial charge in [-0.1, -0.05) is 12.8 Å². The number of fused-ring (bicyclic) bond motifs is 1. The lowest BCUT2D eigenvalue weighted by Gasteiger charge is -2.06. The minimum atomic E-state index is -0.0544. The van der Waals surface area contributed by atoms with Crippen LogP contribution < -0.4 is 10.6 Å². The van der Waals surface area contributed by atoms with Crippen molar-refractivity contribution in [2.75, 3.05) is 23.9 Å². The fourth-order valence-corrected chi connectivity index (χ4v) is 2.89. The van der Waals surface area contributed by atoms with Crippen LogP contribution >= 0.6 is 11.8 Å². The minimum Gasteiger partial charge on any atom is -0.352 e. The molecule has 0 fully saturated rings. The van der Waals surface area contributed by atoms with Crippen molar-refractivity contribution in [3.8, 4) is 0 Å². The van der Waals surface area contributed by atoms with Crippen molar-refractivity contribution in [2.24, 2.45) is 0 Å². The summed E-state index contributed by atoms with van der Waals surface area (Å²) in [6, 6.07) is 5.37. The molecule has 0 saturated carbocycles. The molecule has 21 heavy (non-hydrogen) atoms. The molecule has 1 aromatic rings. The zero-order valence-corrected chi connectivity index (χ0v) is 13.2. The van der Waals surface area contributed by atoms with Gasteiger partial charge in [-0.2, -0.15) is 11.8 Å². The van der Waals surface area contributed by atoms with Crippen LogP contribution in [-0.4, -0.2) is 30.4 Å². The van der Waals surface area contributed by atoms with Crippen molar-refractivity contribution in [1.29, 1.82) is 0 Å². The van der Waals surface area contributed by atoms with Crippen LogP contribution in [0.15, 0.2) is 18.2 Å². The standard InChI is InChI=1S/C16H22N2O2S/c1-21-9-5-3-2-4-8-17-16(20)12-6-7-14-13(10-12)11-15(19)18-14/h6-7,10H,2-5,8-9,11H2,1H3,(H,17,20)(H,18,19). The van der Waals surface area contributed by atoms with Crippen molar-refractivity contribution < 1.29 is 9.59 Å². The van der Waals surface area contributed by atoms with Gasteiger partial charge in [0.25, 0.3) is 5.91 Å². The molecule has 0 atom stereocenters. The lowest BCUT2D eigenvalue weighted by molar-refractivity contribution is -0.115. The van der Waals surface area contributed by atoms with E-state index in [1.54, 1.807) is 18.2 Å². The summed E-state index contributed by atoms with van der Waals surface area (Å²) in [5.74, 6) is 1.16. The lowest BCUT2D eigenvalue weighted by Crippen LogP contribution is -2.24. The van der Waals surface area contributed by atoms with Crippen molar-refractivity contribution in [3.05, 3.63) is 29.3 Å². The first kappa shape index (κ1) is 15.9. The molecule has 4 nitrogen and oxygen atoms in total. The third-order valence-corrected chi connectivity index (χ3v) is 4.25. The van der Waals surface area contributed by atoms with E-state index in [-0.39, 0.29) is 11.8 Å². The maximum atomic E-state index is 12.0. The van der Waals surface area contributed by atoms with Crippen LogP contribution in [0, 0.1) is 0 Å². The molecule has 0 bridgehead atoms. The Kier molecular flexibility index (Phi) is 6.11. The molecule has 5 heteroatoms. The van der Waals surface area contributed by atoms with E-state index in [2.05, 4.69) is 16.9 Å². The van der Waals surface area contributed by atoms with E-state index in [1.807, 2.05) is 11.8 Å². The molecule has 0 unspecified atom stereocenters. The Morgan fingerprint density at radius 3 is 2.90 bits per heavy atom. The van der Waals surface area contributed by atoms with Crippen molar-refractivity contribution in [3.63, 3.8) is 0 Å². The van der Waals surface area contributed by atoms with Gasteiger partial charge in [0.15, 0.2) is 0 Å². The number of benzene rings is 1. The zero-order chi connectivity index (χ0) is 15.1. The lowest BCUT2D eigenvalue weighted by atomic mass is 10.1. The molecular weight excluding hydrogens is 284 g/mol. The van der Waals surface area contributed by atoms with Crippen LogP contribution in [0.5, 0.6) is 0 Å². The van der Waals surface area contributed by atoms with Crippen molar-refractivity contribution >= 4 is 29.3 Å². The Labute approximate surface area is 130 Å². The number of nitrogens with one attached hydrogen (secondary N) is 2. The topological polar surface area (TPSA) is 58.2 Å². The highest BCUT2D eigenvalue weighted by Gasteiger charge is 2.18. The number of carbonyl (C=O) groups is 2. The van der Waals surface area contributed by atoms with Gasteiger partial charge < -0.3 is 10.6 Å². The first-order chi connectivity index (χ1) is 10.2. The second kappa shape index (κ2) is 8.08. The Balaban J connectivity index is 1.72. The van der Waals surface area contributed by atoms with E-state index in [9.17, 15) is 9.59 Å². The Morgan fingerprint density at radius 2 is 2.10 bits per heavy atom. The summed E-state index contributed by atoms with van der Waals surface area (Å²) in [5, 5.41) is 5.71. The largest absolute Gasteiger partial charge is 0.352 e. The first-order valence-electron chi connectivity index (χ1n) is 7.40. The summed E-state index contributed by atoms with van der Waals surface area (Å²) in [7, 11) is 0. The van der Waals surface area contributed by atoms with E-state index >= 15 is 0 Å². The SMILES string of the molecule is CSCCCCCCNC(=O)c1ccc2c(c1)CC(=O)N2. The van der Waals surface area contributed by atoms with E-state index in [4.69, 9.17) is 0 Å². The third kappa shape index (κ3) is 4.77. The number of unbranched alkanes of at least 4 members (excludes halogenated alkanes) is 3. The average Bonchev–Trinajstić information content (AvgIpc) is 2.85. The maximum Gasteiger partial charge on any atom is 0.251 e. The predicted octanol–water partition coefficient (Wildman–Crippen LogP) is 2.83. The molecule has 2 rings (SSSR count). The Bertz CT molecular complexity index is 517. The van der Waals surface area contributed by atoms with Gasteiger partial charge in [-0.05, 0) is 48.6 Å². The Hall–Kier alpha value is -1.49. The summed E-state index contributed by atoms with van der Waals surface area (Å²) in [5.41, 5.74) is 2.36. The first-order valence-corrected chi connectivity index (χ1v) is 8.80. The van der Waals surface area contributed by atoms with Gasteiger partial charge in [-0.3, -0.25) is 9.59 Å². The molecular formula is C16H22N2O2S. The predicted molar refractivity (Wildman–Crippen MR) is 88.0 cm³/mol. The Morgan fingerprint density at radius 1 is 1.29 bits per heavy atom. The maximum absolute atomic E-state index is 12.0. The van der Waals surface area contributed by atoms with Crippen LogP contribution in [0.25, 0.3) is 0 Å². The van der Waals surface area contributed by atoms with E-state index in [0.29, 0.717) is 18.5 Å². The van der Waals surface area contributed by atoms with Crippen LogP contribution in [0.2, 0.25) is 0 Å². The zero-order valence-electron chi connectivity index (χ0n) is 12.4. The highest BCUT2D eigenvalue weighted by Crippen LogP contribution is 2.23. The molecule has 114 valence electrons. The number of hydrogen-bond donors (Lipinski definition) is 2. The number of anilines is 1. The molecule has 1 aliphatic heterocycles. The fourth-order valence-electron chi connectivity index (χ4n) is 2.40. The van der Waals surface area contributed by atoms with Crippen LogP contribution in [0.1, 0.15) is 41.6 Å². The van der Waals surface area contributed by atoms with Gasteiger partial charge in [0, 0.05) is 17.8 Å². The van der Waals surface area contributed by atoms with Crippen LogP contribution in [0.4, 0.5) is 5.69 Å². The highest BCUT2D eigenvalue weighted by atomic mass is 32.2. The van der Waals surface area contributed by atoms with Crippen LogP contribution in [-0.2, 0) is 11.2 Å². The fraction of sp³-hybridized carbons (Fsp3) is 0.500. The monoisotopic (exact) mass is 306 g/mol. The summed E-state index contributed by atoms with van der Waals surface area (Å²) < 4.78 is 0. The molecule has 1 heterocycles. The molecule has 2 N–H and O–H groups in total. The number of thioether (sulfide) groups is 1. The van der Waals surface area contributed by atoms with Gasteiger partial charge in [0.05, 0.1) is 6.42 Å². The van der Waals surface area contributed by atoms with E-state index in [1.165, 1.54) is 18.6 Å². The van der Waals surface area contributed by atoms with Crippen molar-refractivity contribution in [2.45, 2.75) is 32.1 Å². The summed E-state index contributed by atoms with van der Waals surface area (Å²) in [6.07, 6.45) is 7.14. The second-order valence-electron chi connectivity index (χ2n) is 5.26.